The summed E-state index contributed by atoms with van der Waals surface area (Å²) in [7, 11) is 1.99. The van der Waals surface area contributed by atoms with Crippen LogP contribution in [0.3, 0.4) is 0 Å². The number of nitrogens with zero attached hydrogens (tertiary/aromatic N) is 2. The molecule has 1 aromatic rings. The Morgan fingerprint density at radius 3 is 2.50 bits per heavy atom. The van der Waals surface area contributed by atoms with Crippen LogP contribution < -0.4 is 5.32 Å². The minimum atomic E-state index is 0.542. The zero-order valence-corrected chi connectivity index (χ0v) is 9.89. The molecule has 0 amide bonds. The van der Waals surface area contributed by atoms with Gasteiger partial charge in [0.05, 0.1) is 5.69 Å². The van der Waals surface area contributed by atoms with Crippen LogP contribution in [-0.4, -0.2) is 23.4 Å². The highest BCUT2D eigenvalue weighted by Gasteiger charge is 2.15. The lowest BCUT2D eigenvalue weighted by atomic mass is 9.99. The summed E-state index contributed by atoms with van der Waals surface area (Å²) in [6.45, 7) is 10.6. The van der Waals surface area contributed by atoms with Gasteiger partial charge in [0, 0.05) is 18.8 Å². The van der Waals surface area contributed by atoms with Gasteiger partial charge in [0.15, 0.2) is 0 Å². The van der Waals surface area contributed by atoms with Gasteiger partial charge >= 0.3 is 0 Å². The fourth-order valence-electron chi connectivity index (χ4n) is 2.14. The maximum Gasteiger partial charge on any atom is 0.0631 e. The molecule has 0 saturated carbocycles. The second kappa shape index (κ2) is 4.60. The van der Waals surface area contributed by atoms with E-state index < -0.39 is 0 Å². The van der Waals surface area contributed by atoms with Gasteiger partial charge in [0.1, 0.15) is 0 Å². The average Bonchev–Trinajstić information content (AvgIpc) is 2.41. The van der Waals surface area contributed by atoms with E-state index in [0.29, 0.717) is 5.92 Å². The number of rotatable bonds is 4. The summed E-state index contributed by atoms with van der Waals surface area (Å²) in [5, 5.41) is 7.73. The minimum absolute atomic E-state index is 0.542. The van der Waals surface area contributed by atoms with Gasteiger partial charge < -0.3 is 5.32 Å². The van der Waals surface area contributed by atoms with Gasteiger partial charge in [-0.05, 0) is 39.3 Å². The molecule has 1 aromatic heterocycles. The fourth-order valence-corrected chi connectivity index (χ4v) is 2.14. The van der Waals surface area contributed by atoms with E-state index in [1.165, 1.54) is 17.0 Å². The van der Waals surface area contributed by atoms with Gasteiger partial charge in [-0.15, -0.1) is 0 Å². The van der Waals surface area contributed by atoms with Crippen LogP contribution in [0.25, 0.3) is 0 Å². The highest BCUT2D eigenvalue weighted by atomic mass is 15.3. The number of likely N-dealkylation sites (N-methyl/N-ethyl adjacent to an activating group) is 1. The first-order valence-electron chi connectivity index (χ1n) is 5.30. The molecule has 0 aliphatic carbocycles. The van der Waals surface area contributed by atoms with E-state index in [1.807, 2.05) is 7.05 Å². The quantitative estimate of drug-likeness (QED) is 0.794. The van der Waals surface area contributed by atoms with Crippen LogP contribution in [0.15, 0.2) is 0 Å². The van der Waals surface area contributed by atoms with Crippen molar-refractivity contribution in [1.29, 1.82) is 0 Å². The molecule has 3 heteroatoms. The van der Waals surface area contributed by atoms with Crippen molar-refractivity contribution in [2.24, 2.45) is 0 Å². The van der Waals surface area contributed by atoms with Gasteiger partial charge in [-0.3, -0.25) is 4.68 Å². The van der Waals surface area contributed by atoms with E-state index in [2.05, 4.69) is 42.8 Å². The molecule has 0 saturated heterocycles. The molecular formula is C11H21N3. The predicted molar refractivity (Wildman–Crippen MR) is 59.7 cm³/mol. The minimum Gasteiger partial charge on any atom is -0.319 e. The molecule has 1 heterocycles. The Balaban J connectivity index is 3.01. The Labute approximate surface area is 86.5 Å². The van der Waals surface area contributed by atoms with Crippen LogP contribution in [0, 0.1) is 13.8 Å². The first kappa shape index (κ1) is 11.2. The van der Waals surface area contributed by atoms with Gasteiger partial charge in [-0.1, -0.05) is 6.92 Å². The van der Waals surface area contributed by atoms with Crippen molar-refractivity contribution < 1.29 is 0 Å². The monoisotopic (exact) mass is 195 g/mol. The number of aromatic nitrogens is 2. The van der Waals surface area contributed by atoms with Crippen molar-refractivity contribution >= 4 is 0 Å². The summed E-state index contributed by atoms with van der Waals surface area (Å²) in [6.07, 6.45) is 0. The SMILES string of the molecule is CCn1nc(C)c(C(C)CNC)c1C. The molecule has 0 fully saturated rings. The van der Waals surface area contributed by atoms with Gasteiger partial charge in [0.25, 0.3) is 0 Å². The fraction of sp³-hybridized carbons (Fsp3) is 0.727. The Morgan fingerprint density at radius 2 is 2.07 bits per heavy atom. The molecule has 14 heavy (non-hydrogen) atoms. The van der Waals surface area contributed by atoms with E-state index in [-0.39, 0.29) is 0 Å². The van der Waals surface area contributed by atoms with Crippen molar-refractivity contribution in [3.8, 4) is 0 Å². The molecule has 1 atom stereocenters. The summed E-state index contributed by atoms with van der Waals surface area (Å²) in [4.78, 5) is 0. The van der Waals surface area contributed by atoms with E-state index >= 15 is 0 Å². The lowest BCUT2D eigenvalue weighted by Gasteiger charge is -2.11. The first-order chi connectivity index (χ1) is 6.61. The van der Waals surface area contributed by atoms with Crippen molar-refractivity contribution in [3.05, 3.63) is 17.0 Å². The lowest BCUT2D eigenvalue weighted by Crippen LogP contribution is -2.15. The largest absolute Gasteiger partial charge is 0.319 e. The molecule has 0 bridgehead atoms. The van der Waals surface area contributed by atoms with E-state index in [4.69, 9.17) is 0 Å². The van der Waals surface area contributed by atoms with Crippen LogP contribution >= 0.6 is 0 Å². The lowest BCUT2D eigenvalue weighted by molar-refractivity contribution is 0.628. The van der Waals surface area contributed by atoms with E-state index in [0.717, 1.165) is 13.1 Å². The number of aryl methyl sites for hydroxylation is 2. The summed E-state index contributed by atoms with van der Waals surface area (Å²) in [5.74, 6) is 0.542. The topological polar surface area (TPSA) is 29.9 Å². The summed E-state index contributed by atoms with van der Waals surface area (Å²) < 4.78 is 2.08. The highest BCUT2D eigenvalue weighted by Crippen LogP contribution is 2.22. The Morgan fingerprint density at radius 1 is 1.43 bits per heavy atom. The molecule has 0 aliphatic heterocycles. The third-order valence-electron chi connectivity index (χ3n) is 2.74. The van der Waals surface area contributed by atoms with Gasteiger partial charge in [-0.2, -0.15) is 5.10 Å². The molecular weight excluding hydrogens is 174 g/mol. The summed E-state index contributed by atoms with van der Waals surface area (Å²) in [5.41, 5.74) is 3.89. The summed E-state index contributed by atoms with van der Waals surface area (Å²) in [6, 6.07) is 0. The molecule has 0 aliphatic rings. The summed E-state index contributed by atoms with van der Waals surface area (Å²) >= 11 is 0. The third kappa shape index (κ3) is 1.98. The zero-order chi connectivity index (χ0) is 10.7. The van der Waals surface area contributed by atoms with Crippen LogP contribution in [0.1, 0.15) is 36.7 Å². The van der Waals surface area contributed by atoms with Crippen molar-refractivity contribution in [2.45, 2.75) is 40.2 Å². The average molecular weight is 195 g/mol. The van der Waals surface area contributed by atoms with E-state index in [1.54, 1.807) is 0 Å². The van der Waals surface area contributed by atoms with Crippen LogP contribution in [0.4, 0.5) is 0 Å². The maximum atomic E-state index is 4.52. The van der Waals surface area contributed by atoms with Gasteiger partial charge in [-0.25, -0.2) is 0 Å². The number of hydrogen-bond donors (Lipinski definition) is 1. The Hall–Kier alpha value is -0.830. The first-order valence-corrected chi connectivity index (χ1v) is 5.30. The van der Waals surface area contributed by atoms with Crippen LogP contribution in [0.5, 0.6) is 0 Å². The predicted octanol–water partition coefficient (Wildman–Crippen LogP) is 1.84. The second-order valence-corrected chi connectivity index (χ2v) is 3.86. The molecule has 1 N–H and O–H groups in total. The van der Waals surface area contributed by atoms with Crippen molar-refractivity contribution in [1.82, 2.24) is 15.1 Å². The molecule has 0 spiro atoms. The normalized spacial score (nSPS) is 13.2. The highest BCUT2D eigenvalue weighted by molar-refractivity contribution is 5.28. The second-order valence-electron chi connectivity index (χ2n) is 3.86. The van der Waals surface area contributed by atoms with E-state index in [9.17, 15) is 0 Å². The van der Waals surface area contributed by atoms with Crippen LogP contribution in [-0.2, 0) is 6.54 Å². The van der Waals surface area contributed by atoms with Crippen LogP contribution in [0.2, 0.25) is 0 Å². The molecule has 0 aromatic carbocycles. The molecule has 1 unspecified atom stereocenters. The standard InChI is InChI=1S/C11H21N3/c1-6-14-10(4)11(9(3)13-14)8(2)7-12-5/h8,12H,6-7H2,1-5H3. The molecule has 80 valence electrons. The number of hydrogen-bond acceptors (Lipinski definition) is 2. The maximum absolute atomic E-state index is 4.52. The van der Waals surface area contributed by atoms with Crippen molar-refractivity contribution in [3.63, 3.8) is 0 Å². The zero-order valence-electron chi connectivity index (χ0n) is 9.89. The molecule has 3 nitrogen and oxygen atoms in total. The number of nitrogens with one attached hydrogen (secondary N) is 1. The smallest absolute Gasteiger partial charge is 0.0631 e. The van der Waals surface area contributed by atoms with Crippen molar-refractivity contribution in [2.75, 3.05) is 13.6 Å². The van der Waals surface area contributed by atoms with Gasteiger partial charge in [0.2, 0.25) is 0 Å². The Bertz CT molecular complexity index is 302. The third-order valence-corrected chi connectivity index (χ3v) is 2.74. The Kier molecular flexibility index (Phi) is 3.69. The molecule has 1 rings (SSSR count). The molecule has 0 radical (unpaired) electrons.